The second-order valence-electron chi connectivity index (χ2n) is 6.85. The van der Waals surface area contributed by atoms with Crippen molar-refractivity contribution in [2.24, 2.45) is 0 Å². The standard InChI is InChI=1S/C21H24N4O4S/c1-14(24-30(27,28)20-7-5-6-17(12-20)23-16(3)26)21-13-22-25(15(21)2)18-8-10-19(29-4)11-9-18/h5-14,24H,1-4H3,(H,23,26). The van der Waals surface area contributed by atoms with Crippen LogP contribution in [0.1, 0.15) is 31.1 Å². The minimum atomic E-state index is -3.80. The largest absolute Gasteiger partial charge is 0.497 e. The number of benzene rings is 2. The molecule has 1 heterocycles. The van der Waals surface area contributed by atoms with E-state index in [1.165, 1.54) is 19.1 Å². The molecule has 0 saturated heterocycles. The van der Waals surface area contributed by atoms with Crippen LogP contribution in [-0.2, 0) is 14.8 Å². The first kappa shape index (κ1) is 21.5. The van der Waals surface area contributed by atoms with Gasteiger partial charge in [0.2, 0.25) is 15.9 Å². The molecular weight excluding hydrogens is 404 g/mol. The normalized spacial score (nSPS) is 12.4. The van der Waals surface area contributed by atoms with Crippen LogP contribution in [0.4, 0.5) is 5.69 Å². The quantitative estimate of drug-likeness (QED) is 0.602. The highest BCUT2D eigenvalue weighted by Crippen LogP contribution is 2.24. The summed E-state index contributed by atoms with van der Waals surface area (Å²) in [5.41, 5.74) is 2.84. The third-order valence-corrected chi connectivity index (χ3v) is 6.17. The van der Waals surface area contributed by atoms with Gasteiger partial charge >= 0.3 is 0 Å². The third kappa shape index (κ3) is 4.69. The van der Waals surface area contributed by atoms with Crippen LogP contribution in [0.25, 0.3) is 5.69 Å². The first-order valence-electron chi connectivity index (χ1n) is 9.30. The lowest BCUT2D eigenvalue weighted by Crippen LogP contribution is -2.27. The van der Waals surface area contributed by atoms with Gasteiger partial charge < -0.3 is 10.1 Å². The van der Waals surface area contributed by atoms with Gasteiger partial charge in [-0.15, -0.1) is 0 Å². The number of hydrogen-bond acceptors (Lipinski definition) is 5. The Labute approximate surface area is 175 Å². The number of carbonyl (C=O) groups is 1. The fourth-order valence-corrected chi connectivity index (χ4v) is 4.41. The summed E-state index contributed by atoms with van der Waals surface area (Å²) in [4.78, 5) is 11.3. The smallest absolute Gasteiger partial charge is 0.241 e. The Morgan fingerprint density at radius 1 is 1.17 bits per heavy atom. The summed E-state index contributed by atoms with van der Waals surface area (Å²) in [5.74, 6) is 0.471. The van der Waals surface area contributed by atoms with Crippen LogP contribution in [0.15, 0.2) is 59.6 Å². The average Bonchev–Trinajstić information content (AvgIpc) is 3.09. The number of rotatable bonds is 7. The van der Waals surface area contributed by atoms with Crippen LogP contribution >= 0.6 is 0 Å². The number of carbonyl (C=O) groups excluding carboxylic acids is 1. The number of methoxy groups -OCH3 is 1. The molecule has 1 aromatic heterocycles. The molecule has 158 valence electrons. The molecule has 8 nitrogen and oxygen atoms in total. The van der Waals surface area contributed by atoms with Crippen molar-refractivity contribution in [1.29, 1.82) is 0 Å². The highest BCUT2D eigenvalue weighted by Gasteiger charge is 2.22. The monoisotopic (exact) mass is 428 g/mol. The average molecular weight is 429 g/mol. The number of nitrogens with zero attached hydrogens (tertiary/aromatic N) is 2. The molecule has 1 unspecified atom stereocenters. The Balaban J connectivity index is 1.82. The van der Waals surface area contributed by atoms with Gasteiger partial charge in [-0.3, -0.25) is 4.79 Å². The minimum absolute atomic E-state index is 0.0702. The summed E-state index contributed by atoms with van der Waals surface area (Å²) in [6.45, 7) is 5.01. The molecule has 0 aliphatic carbocycles. The van der Waals surface area contributed by atoms with Gasteiger partial charge in [0.1, 0.15) is 5.75 Å². The molecule has 2 aromatic carbocycles. The Bertz CT molecular complexity index is 1150. The van der Waals surface area contributed by atoms with Crippen molar-refractivity contribution in [3.8, 4) is 11.4 Å². The van der Waals surface area contributed by atoms with Gasteiger partial charge in [0.25, 0.3) is 0 Å². The topological polar surface area (TPSA) is 102 Å². The fourth-order valence-electron chi connectivity index (χ4n) is 3.14. The maximum atomic E-state index is 12.8. The molecule has 9 heteroatoms. The van der Waals surface area contributed by atoms with Gasteiger partial charge in [-0.25, -0.2) is 17.8 Å². The molecule has 0 spiro atoms. The van der Waals surface area contributed by atoms with Gasteiger partial charge in [-0.1, -0.05) is 6.07 Å². The van der Waals surface area contributed by atoms with E-state index in [9.17, 15) is 13.2 Å². The number of ether oxygens (including phenoxy) is 1. The predicted octanol–water partition coefficient (Wildman–Crippen LogP) is 3.19. The zero-order valence-corrected chi connectivity index (χ0v) is 18.0. The van der Waals surface area contributed by atoms with Crippen molar-refractivity contribution in [1.82, 2.24) is 14.5 Å². The molecule has 0 fully saturated rings. The van der Waals surface area contributed by atoms with E-state index in [2.05, 4.69) is 15.1 Å². The van der Waals surface area contributed by atoms with E-state index in [1.807, 2.05) is 31.2 Å². The van der Waals surface area contributed by atoms with Crippen LogP contribution in [0, 0.1) is 6.92 Å². The Hall–Kier alpha value is -3.17. The molecule has 0 saturated carbocycles. The molecule has 2 N–H and O–H groups in total. The Kier molecular flexibility index (Phi) is 6.23. The van der Waals surface area contributed by atoms with Crippen LogP contribution in [0.3, 0.4) is 0 Å². The number of anilines is 1. The maximum absolute atomic E-state index is 12.8. The van der Waals surface area contributed by atoms with E-state index >= 15 is 0 Å². The van der Waals surface area contributed by atoms with E-state index in [-0.39, 0.29) is 10.8 Å². The zero-order valence-electron chi connectivity index (χ0n) is 17.2. The van der Waals surface area contributed by atoms with Crippen molar-refractivity contribution >= 4 is 21.6 Å². The molecule has 1 amide bonds. The molecule has 0 radical (unpaired) electrons. The molecule has 0 aliphatic rings. The van der Waals surface area contributed by atoms with Gasteiger partial charge in [0.05, 0.1) is 23.9 Å². The first-order chi connectivity index (χ1) is 14.2. The van der Waals surface area contributed by atoms with E-state index in [4.69, 9.17) is 4.74 Å². The Morgan fingerprint density at radius 3 is 2.50 bits per heavy atom. The minimum Gasteiger partial charge on any atom is -0.497 e. The second kappa shape index (κ2) is 8.68. The summed E-state index contributed by atoms with van der Waals surface area (Å²) in [6, 6.07) is 13.0. The molecule has 0 aliphatic heterocycles. The van der Waals surface area contributed by atoms with Gasteiger partial charge in [0.15, 0.2) is 0 Å². The molecule has 1 atom stereocenters. The van der Waals surface area contributed by atoms with E-state index < -0.39 is 16.1 Å². The number of hydrogen-bond donors (Lipinski definition) is 2. The predicted molar refractivity (Wildman–Crippen MR) is 114 cm³/mol. The number of aromatic nitrogens is 2. The molecular formula is C21H24N4O4S. The van der Waals surface area contributed by atoms with Gasteiger partial charge in [-0.2, -0.15) is 5.10 Å². The second-order valence-corrected chi connectivity index (χ2v) is 8.56. The van der Waals surface area contributed by atoms with E-state index in [0.717, 1.165) is 22.7 Å². The highest BCUT2D eigenvalue weighted by molar-refractivity contribution is 7.89. The highest BCUT2D eigenvalue weighted by atomic mass is 32.2. The number of sulfonamides is 1. The summed E-state index contributed by atoms with van der Waals surface area (Å²) in [5, 5.41) is 6.99. The summed E-state index contributed by atoms with van der Waals surface area (Å²) in [6.07, 6.45) is 1.65. The first-order valence-corrected chi connectivity index (χ1v) is 10.8. The lowest BCUT2D eigenvalue weighted by Gasteiger charge is -2.15. The van der Waals surface area contributed by atoms with Gasteiger partial charge in [0, 0.05) is 29.9 Å². The third-order valence-electron chi connectivity index (χ3n) is 4.63. The SMILES string of the molecule is COc1ccc(-n2ncc(C(C)NS(=O)(=O)c3cccc(NC(C)=O)c3)c2C)cc1. The van der Waals surface area contributed by atoms with Crippen molar-refractivity contribution in [3.63, 3.8) is 0 Å². The van der Waals surface area contributed by atoms with Crippen LogP contribution < -0.4 is 14.8 Å². The summed E-state index contributed by atoms with van der Waals surface area (Å²) in [7, 11) is -2.20. The van der Waals surface area contributed by atoms with Crippen LogP contribution in [0.2, 0.25) is 0 Å². The zero-order chi connectivity index (χ0) is 21.9. The van der Waals surface area contributed by atoms with Gasteiger partial charge in [-0.05, 0) is 56.3 Å². The van der Waals surface area contributed by atoms with Crippen LogP contribution in [-0.4, -0.2) is 31.2 Å². The summed E-state index contributed by atoms with van der Waals surface area (Å²) < 4.78 is 35.3. The number of amides is 1. The molecule has 30 heavy (non-hydrogen) atoms. The summed E-state index contributed by atoms with van der Waals surface area (Å²) >= 11 is 0. The van der Waals surface area contributed by atoms with Crippen molar-refractivity contribution in [2.45, 2.75) is 31.7 Å². The van der Waals surface area contributed by atoms with Crippen molar-refractivity contribution in [2.75, 3.05) is 12.4 Å². The van der Waals surface area contributed by atoms with Crippen molar-refractivity contribution < 1.29 is 17.9 Å². The number of nitrogens with one attached hydrogen (secondary N) is 2. The van der Waals surface area contributed by atoms with E-state index in [1.54, 1.807) is 37.0 Å². The molecule has 0 bridgehead atoms. The lowest BCUT2D eigenvalue weighted by molar-refractivity contribution is -0.114. The molecule has 3 rings (SSSR count). The van der Waals surface area contributed by atoms with Crippen molar-refractivity contribution in [3.05, 3.63) is 66.0 Å². The Morgan fingerprint density at radius 2 is 1.87 bits per heavy atom. The van der Waals surface area contributed by atoms with E-state index in [0.29, 0.717) is 5.69 Å². The molecule has 3 aromatic rings. The lowest BCUT2D eigenvalue weighted by atomic mass is 10.1. The maximum Gasteiger partial charge on any atom is 0.241 e. The van der Waals surface area contributed by atoms with Crippen LogP contribution in [0.5, 0.6) is 5.75 Å². The fraction of sp³-hybridized carbons (Fsp3) is 0.238.